The molecular weight excluding hydrogens is 202 g/mol. The summed E-state index contributed by atoms with van der Waals surface area (Å²) in [4.78, 5) is 14.3. The molecule has 1 saturated carbocycles. The van der Waals surface area contributed by atoms with Gasteiger partial charge >= 0.3 is 0 Å². The van der Waals surface area contributed by atoms with Crippen LogP contribution in [-0.2, 0) is 9.53 Å². The van der Waals surface area contributed by atoms with Crippen LogP contribution in [0.3, 0.4) is 0 Å². The minimum Gasteiger partial charge on any atom is -0.378 e. The van der Waals surface area contributed by atoms with Gasteiger partial charge in [0.15, 0.2) is 0 Å². The number of rotatable bonds is 2. The third-order valence-electron chi connectivity index (χ3n) is 4.58. The third kappa shape index (κ3) is 1.86. The Bertz CT molecular complexity index is 269. The Balaban J connectivity index is 1.96. The molecule has 0 aromatic carbocycles. The number of carbonyl (C=O) groups excluding carboxylic acids is 1. The van der Waals surface area contributed by atoms with Crippen molar-refractivity contribution in [1.82, 2.24) is 4.90 Å². The fourth-order valence-electron chi connectivity index (χ4n) is 3.13. The van der Waals surface area contributed by atoms with E-state index in [2.05, 4.69) is 20.8 Å². The molecule has 16 heavy (non-hydrogen) atoms. The molecule has 2 atom stereocenters. The van der Waals surface area contributed by atoms with Gasteiger partial charge in [-0.1, -0.05) is 27.2 Å². The van der Waals surface area contributed by atoms with E-state index in [4.69, 9.17) is 4.74 Å². The zero-order valence-electron chi connectivity index (χ0n) is 10.7. The number of ether oxygens (including phenoxy) is 1. The van der Waals surface area contributed by atoms with Crippen LogP contribution in [0.4, 0.5) is 0 Å². The molecule has 0 spiro atoms. The quantitative estimate of drug-likeness (QED) is 0.718. The average Bonchev–Trinajstić information content (AvgIpc) is 2.29. The minimum atomic E-state index is 0.199. The van der Waals surface area contributed by atoms with Gasteiger partial charge in [0, 0.05) is 19.0 Å². The number of amides is 1. The molecule has 0 aromatic heterocycles. The fraction of sp³-hybridized carbons (Fsp3) is 0.923. The van der Waals surface area contributed by atoms with Crippen LogP contribution >= 0.6 is 0 Å². The lowest BCUT2D eigenvalue weighted by molar-refractivity contribution is -0.156. The van der Waals surface area contributed by atoms with Gasteiger partial charge in [-0.15, -0.1) is 0 Å². The van der Waals surface area contributed by atoms with Crippen LogP contribution in [0.5, 0.6) is 0 Å². The summed E-state index contributed by atoms with van der Waals surface area (Å²) in [6.45, 7) is 9.68. The Morgan fingerprint density at radius 3 is 2.50 bits per heavy atom. The molecule has 3 heteroatoms. The van der Waals surface area contributed by atoms with Crippen LogP contribution in [0.1, 0.15) is 33.6 Å². The van der Waals surface area contributed by atoms with E-state index in [1.165, 1.54) is 6.42 Å². The predicted octanol–water partition coefficient (Wildman–Crippen LogP) is 1.92. The highest BCUT2D eigenvalue weighted by molar-refractivity contribution is 5.80. The highest BCUT2D eigenvalue weighted by atomic mass is 16.5. The first-order valence-corrected chi connectivity index (χ1v) is 6.44. The number of morpholine rings is 1. The molecule has 1 amide bonds. The van der Waals surface area contributed by atoms with Gasteiger partial charge < -0.3 is 9.64 Å². The van der Waals surface area contributed by atoms with Crippen molar-refractivity contribution in [3.63, 3.8) is 0 Å². The van der Waals surface area contributed by atoms with Crippen molar-refractivity contribution in [2.75, 3.05) is 26.3 Å². The summed E-state index contributed by atoms with van der Waals surface area (Å²) in [5, 5.41) is 0. The molecule has 1 heterocycles. The monoisotopic (exact) mass is 225 g/mol. The molecule has 2 aliphatic rings. The van der Waals surface area contributed by atoms with E-state index in [0.717, 1.165) is 25.4 Å². The first-order chi connectivity index (χ1) is 7.57. The van der Waals surface area contributed by atoms with E-state index < -0.39 is 0 Å². The van der Waals surface area contributed by atoms with Crippen molar-refractivity contribution >= 4 is 5.91 Å². The summed E-state index contributed by atoms with van der Waals surface area (Å²) in [5.41, 5.74) is 0.199. The first kappa shape index (κ1) is 11.9. The molecule has 0 aromatic rings. The Kier molecular flexibility index (Phi) is 3.24. The number of nitrogens with zero attached hydrogens (tertiary/aromatic N) is 1. The van der Waals surface area contributed by atoms with Gasteiger partial charge in [0.1, 0.15) is 0 Å². The van der Waals surface area contributed by atoms with Gasteiger partial charge in [0.05, 0.1) is 13.2 Å². The van der Waals surface area contributed by atoms with E-state index in [1.54, 1.807) is 0 Å². The normalized spacial score (nSPS) is 33.3. The molecule has 1 aliphatic heterocycles. The SMILES string of the molecule is CC[C@H]1C[C@@H](C(=O)N2CCOCC2)C1(C)C. The molecular formula is C13H23NO2. The maximum atomic E-state index is 12.3. The molecule has 0 bridgehead atoms. The molecule has 3 nitrogen and oxygen atoms in total. The summed E-state index contributed by atoms with van der Waals surface area (Å²) >= 11 is 0. The number of hydrogen-bond donors (Lipinski definition) is 0. The van der Waals surface area contributed by atoms with Gasteiger partial charge in [-0.2, -0.15) is 0 Å². The highest BCUT2D eigenvalue weighted by Gasteiger charge is 2.51. The van der Waals surface area contributed by atoms with Crippen molar-refractivity contribution in [3.8, 4) is 0 Å². The molecule has 2 fully saturated rings. The Labute approximate surface area is 98.1 Å². The lowest BCUT2D eigenvalue weighted by Gasteiger charge is -2.52. The smallest absolute Gasteiger partial charge is 0.226 e. The van der Waals surface area contributed by atoms with Crippen LogP contribution in [-0.4, -0.2) is 37.1 Å². The van der Waals surface area contributed by atoms with Crippen molar-refractivity contribution in [3.05, 3.63) is 0 Å². The van der Waals surface area contributed by atoms with Crippen molar-refractivity contribution in [2.45, 2.75) is 33.6 Å². The molecule has 0 N–H and O–H groups in total. The Morgan fingerprint density at radius 2 is 2.00 bits per heavy atom. The second-order valence-corrected chi connectivity index (χ2v) is 5.65. The Morgan fingerprint density at radius 1 is 1.38 bits per heavy atom. The molecule has 2 rings (SSSR count). The fourth-order valence-corrected chi connectivity index (χ4v) is 3.13. The molecule has 92 valence electrons. The van der Waals surface area contributed by atoms with E-state index in [-0.39, 0.29) is 11.3 Å². The van der Waals surface area contributed by atoms with Gasteiger partial charge in [-0.25, -0.2) is 0 Å². The van der Waals surface area contributed by atoms with Crippen LogP contribution in [0.2, 0.25) is 0 Å². The zero-order chi connectivity index (χ0) is 11.8. The summed E-state index contributed by atoms with van der Waals surface area (Å²) in [6, 6.07) is 0. The predicted molar refractivity (Wildman–Crippen MR) is 63.1 cm³/mol. The molecule has 1 saturated heterocycles. The van der Waals surface area contributed by atoms with Gasteiger partial charge in [0.2, 0.25) is 5.91 Å². The molecule has 1 aliphatic carbocycles. The highest BCUT2D eigenvalue weighted by Crippen LogP contribution is 2.53. The topological polar surface area (TPSA) is 29.5 Å². The second-order valence-electron chi connectivity index (χ2n) is 5.65. The van der Waals surface area contributed by atoms with Crippen LogP contribution in [0.15, 0.2) is 0 Å². The molecule has 0 radical (unpaired) electrons. The van der Waals surface area contributed by atoms with E-state index in [9.17, 15) is 4.79 Å². The maximum Gasteiger partial charge on any atom is 0.226 e. The number of hydrogen-bond acceptors (Lipinski definition) is 2. The summed E-state index contributed by atoms with van der Waals surface area (Å²) in [5.74, 6) is 1.33. The second kappa shape index (κ2) is 4.36. The Hall–Kier alpha value is -0.570. The standard InChI is InChI=1S/C13H23NO2/c1-4-10-9-11(13(10,2)3)12(15)14-5-7-16-8-6-14/h10-11H,4-9H2,1-3H3/t10-,11-/m0/s1. The lowest BCUT2D eigenvalue weighted by atomic mass is 9.53. The van der Waals surface area contributed by atoms with Gasteiger partial charge in [-0.3, -0.25) is 4.79 Å². The number of carbonyl (C=O) groups is 1. The van der Waals surface area contributed by atoms with Crippen LogP contribution in [0, 0.1) is 17.3 Å². The van der Waals surface area contributed by atoms with Crippen molar-refractivity contribution in [2.24, 2.45) is 17.3 Å². The van der Waals surface area contributed by atoms with Crippen LogP contribution < -0.4 is 0 Å². The molecule has 0 unspecified atom stereocenters. The van der Waals surface area contributed by atoms with Crippen molar-refractivity contribution < 1.29 is 9.53 Å². The van der Waals surface area contributed by atoms with E-state index >= 15 is 0 Å². The summed E-state index contributed by atoms with van der Waals surface area (Å²) in [7, 11) is 0. The largest absolute Gasteiger partial charge is 0.378 e. The van der Waals surface area contributed by atoms with Gasteiger partial charge in [-0.05, 0) is 17.8 Å². The van der Waals surface area contributed by atoms with Crippen LogP contribution in [0.25, 0.3) is 0 Å². The van der Waals surface area contributed by atoms with E-state index in [1.807, 2.05) is 4.90 Å². The average molecular weight is 225 g/mol. The van der Waals surface area contributed by atoms with Gasteiger partial charge in [0.25, 0.3) is 0 Å². The van der Waals surface area contributed by atoms with Crippen molar-refractivity contribution in [1.29, 1.82) is 0 Å². The summed E-state index contributed by atoms with van der Waals surface area (Å²) in [6.07, 6.45) is 2.28. The summed E-state index contributed by atoms with van der Waals surface area (Å²) < 4.78 is 5.28. The lowest BCUT2D eigenvalue weighted by Crippen LogP contribution is -2.55. The first-order valence-electron chi connectivity index (χ1n) is 6.44. The minimum absolute atomic E-state index is 0.199. The maximum absolute atomic E-state index is 12.3. The third-order valence-corrected chi connectivity index (χ3v) is 4.58. The van der Waals surface area contributed by atoms with E-state index in [0.29, 0.717) is 19.1 Å². The zero-order valence-corrected chi connectivity index (χ0v) is 10.7.